The average Bonchev–Trinajstić information content (AvgIpc) is 3.05. The quantitative estimate of drug-likeness (QED) is 0.214. The van der Waals surface area contributed by atoms with Gasteiger partial charge in [-0.05, 0) is 6.26 Å². The number of carbonyl (C=O) groups excluding carboxylic acids is 1. The lowest BCUT2D eigenvalue weighted by Crippen LogP contribution is -2.30. The molecule has 2 heterocycles. The molecule has 28 heavy (non-hydrogen) atoms. The smallest absolute Gasteiger partial charge is 0.259 e. The minimum absolute atomic E-state index is 0.0267. The number of thioether (sulfide) groups is 1. The van der Waals surface area contributed by atoms with E-state index in [0.29, 0.717) is 16.1 Å². The van der Waals surface area contributed by atoms with Gasteiger partial charge in [-0.15, -0.1) is 23.1 Å². The van der Waals surface area contributed by atoms with Gasteiger partial charge in [0.1, 0.15) is 14.8 Å². The van der Waals surface area contributed by atoms with Crippen LogP contribution in [0.1, 0.15) is 15.2 Å². The maximum atomic E-state index is 12.7. The van der Waals surface area contributed by atoms with Gasteiger partial charge in [-0.25, -0.2) is 8.42 Å². The van der Waals surface area contributed by atoms with Crippen molar-refractivity contribution in [3.8, 4) is 5.69 Å². The van der Waals surface area contributed by atoms with E-state index in [1.54, 1.807) is 11.8 Å². The summed E-state index contributed by atoms with van der Waals surface area (Å²) < 4.78 is 34.0. The molecule has 0 unspecified atom stereocenters. The standard InChI is InChI=1S/C17H14N2OS2.CH4O4S/c1-21-17-14(19-10-6-3-7-11-19)13(18)16(22-17)15(20)12-8-4-2-5-9-12;1-5-6(2,3)4/h2-11H,1H3,(H-,18,20);1H3,(H,2,3,4). The highest BCUT2D eigenvalue weighted by atomic mass is 32.3. The second-order valence-corrected chi connectivity index (χ2v) is 8.48. The highest BCUT2D eigenvalue weighted by molar-refractivity contribution is 8.00. The van der Waals surface area contributed by atoms with E-state index in [0.717, 1.165) is 17.0 Å². The van der Waals surface area contributed by atoms with Crippen LogP contribution in [0.4, 0.5) is 5.69 Å². The normalized spacial score (nSPS) is 10.8. The monoisotopic (exact) mass is 438 g/mol. The number of pyridine rings is 1. The van der Waals surface area contributed by atoms with Gasteiger partial charge in [0.2, 0.25) is 16.2 Å². The Balaban J connectivity index is 0.000000409. The van der Waals surface area contributed by atoms with E-state index in [1.165, 1.54) is 11.3 Å². The Hall–Kier alpha value is -2.24. The van der Waals surface area contributed by atoms with Crippen molar-refractivity contribution in [2.24, 2.45) is 0 Å². The largest absolute Gasteiger partial charge is 0.726 e. The van der Waals surface area contributed by atoms with E-state index in [1.807, 2.05) is 71.7 Å². The number of benzene rings is 1. The van der Waals surface area contributed by atoms with Crippen LogP contribution in [0.25, 0.3) is 5.69 Å². The van der Waals surface area contributed by atoms with Gasteiger partial charge in [0.25, 0.3) is 5.69 Å². The number of hydrogen-bond acceptors (Lipinski definition) is 8. The predicted octanol–water partition coefficient (Wildman–Crippen LogP) is 2.65. The van der Waals surface area contributed by atoms with Crippen LogP contribution in [0.3, 0.4) is 0 Å². The second-order valence-electron chi connectivity index (χ2n) is 5.24. The number of nitrogens with two attached hydrogens (primary N) is 1. The molecule has 0 radical (unpaired) electrons. The highest BCUT2D eigenvalue weighted by Gasteiger charge is 2.27. The van der Waals surface area contributed by atoms with Gasteiger partial charge in [0, 0.05) is 17.7 Å². The van der Waals surface area contributed by atoms with E-state index < -0.39 is 10.4 Å². The summed E-state index contributed by atoms with van der Waals surface area (Å²) >= 11 is 3.05. The van der Waals surface area contributed by atoms with E-state index in [2.05, 4.69) is 4.18 Å². The molecular weight excluding hydrogens is 420 g/mol. The molecule has 0 aliphatic rings. The van der Waals surface area contributed by atoms with Gasteiger partial charge >= 0.3 is 0 Å². The summed E-state index contributed by atoms with van der Waals surface area (Å²) in [5.41, 5.74) is 8.39. The summed E-state index contributed by atoms with van der Waals surface area (Å²) in [7, 11) is -3.60. The molecule has 1 aromatic carbocycles. The Morgan fingerprint density at radius 1 is 1.14 bits per heavy atom. The fraction of sp³-hybridized carbons (Fsp3) is 0.111. The molecule has 0 saturated heterocycles. The number of thiophene rings is 1. The number of rotatable bonds is 5. The van der Waals surface area contributed by atoms with Crippen molar-refractivity contribution in [3.63, 3.8) is 0 Å². The van der Waals surface area contributed by atoms with Crippen LogP contribution in [-0.2, 0) is 14.6 Å². The summed E-state index contributed by atoms with van der Waals surface area (Å²) in [5.74, 6) is -0.0267. The number of aromatic nitrogens is 1. The average molecular weight is 439 g/mol. The molecule has 0 saturated carbocycles. The number of ketones is 1. The van der Waals surface area contributed by atoms with Gasteiger partial charge in [-0.3, -0.25) is 8.98 Å². The third-order valence-corrected chi connectivity index (χ3v) is 6.20. The first-order valence-electron chi connectivity index (χ1n) is 7.82. The van der Waals surface area contributed by atoms with Crippen molar-refractivity contribution in [2.45, 2.75) is 4.21 Å². The van der Waals surface area contributed by atoms with Gasteiger partial charge in [-0.1, -0.05) is 36.4 Å². The molecule has 0 amide bonds. The molecule has 0 aliphatic heterocycles. The Kier molecular flexibility index (Phi) is 7.72. The minimum atomic E-state index is -4.41. The summed E-state index contributed by atoms with van der Waals surface area (Å²) in [5, 5.41) is 0. The lowest BCUT2D eigenvalue weighted by Gasteiger charge is -1.99. The number of nitrogen functional groups attached to an aromatic ring is 1. The molecule has 0 spiro atoms. The number of anilines is 1. The van der Waals surface area contributed by atoms with Crippen molar-refractivity contribution in [1.29, 1.82) is 0 Å². The van der Waals surface area contributed by atoms with Gasteiger partial charge in [-0.2, -0.15) is 4.57 Å². The second kappa shape index (κ2) is 9.80. The Morgan fingerprint density at radius 3 is 2.18 bits per heavy atom. The molecule has 0 atom stereocenters. The maximum Gasteiger partial charge on any atom is 0.259 e. The zero-order valence-electron chi connectivity index (χ0n) is 15.1. The molecule has 2 N–H and O–H groups in total. The zero-order valence-corrected chi connectivity index (χ0v) is 17.5. The summed E-state index contributed by atoms with van der Waals surface area (Å²) in [6.07, 6.45) is 5.87. The molecule has 148 valence electrons. The van der Waals surface area contributed by atoms with Crippen molar-refractivity contribution in [1.82, 2.24) is 0 Å². The Morgan fingerprint density at radius 2 is 1.68 bits per heavy atom. The molecule has 0 aliphatic carbocycles. The molecule has 0 bridgehead atoms. The van der Waals surface area contributed by atoms with Crippen LogP contribution in [0.15, 0.2) is 65.1 Å². The molecule has 0 fully saturated rings. The number of hydrogen-bond donors (Lipinski definition) is 1. The van der Waals surface area contributed by atoms with Crippen LogP contribution in [-0.4, -0.2) is 32.1 Å². The number of nitrogens with zero attached hydrogens (tertiary/aromatic N) is 1. The first-order chi connectivity index (χ1) is 13.3. The van der Waals surface area contributed by atoms with Gasteiger partial charge in [0.15, 0.2) is 12.4 Å². The van der Waals surface area contributed by atoms with Crippen LogP contribution < -0.4 is 10.3 Å². The fourth-order valence-corrected chi connectivity index (χ4v) is 4.14. The van der Waals surface area contributed by atoms with E-state index in [4.69, 9.17) is 5.73 Å². The molecule has 7 nitrogen and oxygen atoms in total. The van der Waals surface area contributed by atoms with Crippen molar-refractivity contribution >= 4 is 45.0 Å². The lowest BCUT2D eigenvalue weighted by molar-refractivity contribution is -0.596. The fourth-order valence-electron chi connectivity index (χ4n) is 2.23. The zero-order chi connectivity index (χ0) is 20.7. The molecule has 10 heteroatoms. The SMILES string of the molecule is COS(=O)(=O)[O-].CSc1sc(C(=O)c2ccccc2)c(N)c1-[n+]1ccccc1. The van der Waals surface area contributed by atoms with Gasteiger partial charge < -0.3 is 10.3 Å². The first-order valence-corrected chi connectivity index (χ1v) is 11.2. The van der Waals surface area contributed by atoms with Crippen LogP contribution >= 0.6 is 23.1 Å². The van der Waals surface area contributed by atoms with Crippen LogP contribution in [0, 0.1) is 0 Å². The van der Waals surface area contributed by atoms with E-state index in [-0.39, 0.29) is 5.78 Å². The molecule has 2 aromatic heterocycles. The molecule has 3 rings (SSSR count). The first kappa shape index (κ1) is 22.1. The minimum Gasteiger partial charge on any atom is -0.726 e. The Bertz CT molecular complexity index is 1040. The van der Waals surface area contributed by atoms with Crippen molar-refractivity contribution in [2.75, 3.05) is 19.1 Å². The van der Waals surface area contributed by atoms with Crippen LogP contribution in [0.5, 0.6) is 0 Å². The van der Waals surface area contributed by atoms with Gasteiger partial charge in [0.05, 0.1) is 7.11 Å². The molecule has 3 aromatic rings. The highest BCUT2D eigenvalue weighted by Crippen LogP contribution is 2.38. The summed E-state index contributed by atoms with van der Waals surface area (Å²) in [4.78, 5) is 13.3. The van der Waals surface area contributed by atoms with E-state index >= 15 is 0 Å². The topological polar surface area (TPSA) is 113 Å². The van der Waals surface area contributed by atoms with Crippen molar-refractivity contribution in [3.05, 3.63) is 71.4 Å². The molecular formula is C18H18N2O5S3. The van der Waals surface area contributed by atoms with E-state index in [9.17, 15) is 17.8 Å². The maximum absolute atomic E-state index is 12.7. The lowest BCUT2D eigenvalue weighted by atomic mass is 10.1. The summed E-state index contributed by atoms with van der Waals surface area (Å²) in [6.45, 7) is 0. The van der Waals surface area contributed by atoms with Crippen molar-refractivity contribution < 1.29 is 26.5 Å². The Labute approximate surface area is 171 Å². The van der Waals surface area contributed by atoms with Crippen LogP contribution in [0.2, 0.25) is 0 Å². The predicted molar refractivity (Wildman–Crippen MR) is 109 cm³/mol. The summed E-state index contributed by atoms with van der Waals surface area (Å²) in [6, 6.07) is 15.1. The third kappa shape index (κ3) is 5.63. The third-order valence-electron chi connectivity index (χ3n) is 3.49. The number of carbonyl (C=O) groups is 1.